The van der Waals surface area contributed by atoms with E-state index in [1.807, 2.05) is 13.8 Å². The van der Waals surface area contributed by atoms with Gasteiger partial charge in [-0.1, -0.05) is 57.2 Å². The van der Waals surface area contributed by atoms with Crippen molar-refractivity contribution in [3.63, 3.8) is 0 Å². The number of hydrogen-bond donors (Lipinski definition) is 1. The molecular weight excluding hydrogens is 256 g/mol. The Morgan fingerprint density at radius 2 is 1.43 bits per heavy atom. The number of nitrogens with zero attached hydrogens (tertiary/aromatic N) is 1. The number of rotatable bonds is 4. The van der Waals surface area contributed by atoms with E-state index in [1.165, 1.54) is 22.5 Å². The van der Waals surface area contributed by atoms with Crippen LogP contribution >= 0.6 is 0 Å². The molecule has 1 N–H and O–H groups in total. The fourth-order valence-corrected chi connectivity index (χ4v) is 2.72. The molecule has 0 bridgehead atoms. The van der Waals surface area contributed by atoms with E-state index in [0.29, 0.717) is 0 Å². The summed E-state index contributed by atoms with van der Waals surface area (Å²) in [6.07, 6.45) is 2.20. The van der Waals surface area contributed by atoms with Crippen molar-refractivity contribution in [1.82, 2.24) is 5.32 Å². The molecule has 0 saturated heterocycles. The topological polar surface area (TPSA) is 15.3 Å². The highest BCUT2D eigenvalue weighted by Crippen LogP contribution is 2.37. The van der Waals surface area contributed by atoms with Gasteiger partial charge in [0.25, 0.3) is 0 Å². The first kappa shape index (κ1) is 15.6. The lowest BCUT2D eigenvalue weighted by molar-refractivity contribution is 0.673. The molecule has 1 aliphatic rings. The van der Waals surface area contributed by atoms with Crippen molar-refractivity contribution in [3.05, 3.63) is 59.7 Å². The first-order chi connectivity index (χ1) is 10.4. The molecule has 2 heteroatoms. The molecule has 0 radical (unpaired) electrons. The van der Waals surface area contributed by atoms with Gasteiger partial charge in [-0.3, -0.25) is 5.32 Å². The van der Waals surface area contributed by atoms with Gasteiger partial charge in [0.05, 0.1) is 6.67 Å². The van der Waals surface area contributed by atoms with Crippen molar-refractivity contribution >= 4 is 11.4 Å². The molecule has 2 aromatic carbocycles. The number of benzene rings is 2. The van der Waals surface area contributed by atoms with E-state index in [4.69, 9.17) is 0 Å². The second-order valence-corrected chi connectivity index (χ2v) is 5.02. The van der Waals surface area contributed by atoms with Crippen LogP contribution in [0.2, 0.25) is 0 Å². The molecule has 2 nitrogen and oxygen atoms in total. The van der Waals surface area contributed by atoms with Gasteiger partial charge in [-0.2, -0.15) is 0 Å². The standard InChI is InChI=1S/C17H20N2.C2H6/c1-2-11-18-13-19-16-9-5-3-7-14(16)12-15-8-4-6-10-17(15)19;1-2/h3-10,18H,2,11-13H2,1H3;1-2H3. The number of para-hydroxylation sites is 2. The quantitative estimate of drug-likeness (QED) is 0.817. The zero-order chi connectivity index (χ0) is 15.1. The van der Waals surface area contributed by atoms with Gasteiger partial charge < -0.3 is 4.90 Å². The monoisotopic (exact) mass is 282 g/mol. The van der Waals surface area contributed by atoms with Gasteiger partial charge in [0.15, 0.2) is 0 Å². The summed E-state index contributed by atoms with van der Waals surface area (Å²) < 4.78 is 0. The minimum absolute atomic E-state index is 0.877. The zero-order valence-corrected chi connectivity index (χ0v) is 13.4. The van der Waals surface area contributed by atoms with E-state index < -0.39 is 0 Å². The SMILES string of the molecule is CC.CCCNCN1c2ccccc2Cc2ccccc21. The first-order valence-corrected chi connectivity index (χ1v) is 8.04. The molecular formula is C19H26N2. The van der Waals surface area contributed by atoms with Crippen LogP contribution in [0.4, 0.5) is 11.4 Å². The highest BCUT2D eigenvalue weighted by molar-refractivity contribution is 5.73. The van der Waals surface area contributed by atoms with Gasteiger partial charge >= 0.3 is 0 Å². The van der Waals surface area contributed by atoms with E-state index in [9.17, 15) is 0 Å². The third-order valence-corrected chi connectivity index (χ3v) is 3.64. The van der Waals surface area contributed by atoms with Crippen LogP contribution in [-0.4, -0.2) is 13.2 Å². The van der Waals surface area contributed by atoms with Crippen LogP contribution in [0.15, 0.2) is 48.5 Å². The predicted octanol–water partition coefficient (Wildman–Crippen LogP) is 4.71. The normalized spacial score (nSPS) is 12.0. The van der Waals surface area contributed by atoms with Gasteiger partial charge in [-0.15, -0.1) is 0 Å². The lowest BCUT2D eigenvalue weighted by atomic mass is 9.96. The van der Waals surface area contributed by atoms with Crippen LogP contribution in [0.1, 0.15) is 38.3 Å². The maximum absolute atomic E-state index is 3.51. The molecule has 0 fully saturated rings. The molecule has 0 atom stereocenters. The van der Waals surface area contributed by atoms with Crippen LogP contribution in [0, 0.1) is 0 Å². The Morgan fingerprint density at radius 3 is 1.95 bits per heavy atom. The fourth-order valence-electron chi connectivity index (χ4n) is 2.72. The molecule has 0 aliphatic carbocycles. The highest BCUT2D eigenvalue weighted by Gasteiger charge is 2.21. The molecule has 1 heterocycles. The van der Waals surface area contributed by atoms with Crippen LogP contribution in [-0.2, 0) is 6.42 Å². The smallest absolute Gasteiger partial charge is 0.0731 e. The minimum atomic E-state index is 0.877. The van der Waals surface area contributed by atoms with E-state index in [0.717, 1.165) is 26.1 Å². The average molecular weight is 282 g/mol. The van der Waals surface area contributed by atoms with E-state index in [2.05, 4.69) is 65.7 Å². The molecule has 112 valence electrons. The van der Waals surface area contributed by atoms with Crippen molar-refractivity contribution in [2.75, 3.05) is 18.1 Å². The molecule has 0 unspecified atom stereocenters. The Hall–Kier alpha value is -1.80. The molecule has 0 amide bonds. The fraction of sp³-hybridized carbons (Fsp3) is 0.368. The molecule has 0 saturated carbocycles. The Kier molecular flexibility index (Phi) is 5.82. The van der Waals surface area contributed by atoms with Crippen molar-refractivity contribution in [3.8, 4) is 0 Å². The number of hydrogen-bond acceptors (Lipinski definition) is 2. The summed E-state index contributed by atoms with van der Waals surface area (Å²) in [5, 5.41) is 3.51. The lowest BCUT2D eigenvalue weighted by Gasteiger charge is -2.33. The number of anilines is 2. The van der Waals surface area contributed by atoms with E-state index >= 15 is 0 Å². The Bertz CT molecular complexity index is 517. The van der Waals surface area contributed by atoms with E-state index in [1.54, 1.807) is 0 Å². The minimum Gasteiger partial charge on any atom is -0.328 e. The van der Waals surface area contributed by atoms with Crippen molar-refractivity contribution < 1.29 is 0 Å². The largest absolute Gasteiger partial charge is 0.328 e. The van der Waals surface area contributed by atoms with Crippen LogP contribution < -0.4 is 10.2 Å². The lowest BCUT2D eigenvalue weighted by Crippen LogP contribution is -2.33. The molecule has 3 rings (SSSR count). The van der Waals surface area contributed by atoms with Gasteiger partial charge in [-0.05, 0) is 36.2 Å². The van der Waals surface area contributed by atoms with Crippen LogP contribution in [0.3, 0.4) is 0 Å². The Balaban J connectivity index is 0.000000774. The summed E-state index contributed by atoms with van der Waals surface area (Å²) >= 11 is 0. The summed E-state index contributed by atoms with van der Waals surface area (Å²) in [6.45, 7) is 8.13. The number of nitrogens with one attached hydrogen (secondary N) is 1. The second kappa shape index (κ2) is 7.84. The maximum atomic E-state index is 3.51. The molecule has 0 spiro atoms. The second-order valence-electron chi connectivity index (χ2n) is 5.02. The zero-order valence-electron chi connectivity index (χ0n) is 13.4. The van der Waals surface area contributed by atoms with Gasteiger partial charge in [0.1, 0.15) is 0 Å². The van der Waals surface area contributed by atoms with Crippen LogP contribution in [0.5, 0.6) is 0 Å². The maximum Gasteiger partial charge on any atom is 0.0731 e. The van der Waals surface area contributed by atoms with Gasteiger partial charge in [0, 0.05) is 17.8 Å². The van der Waals surface area contributed by atoms with Gasteiger partial charge in [-0.25, -0.2) is 0 Å². The summed E-state index contributed by atoms with van der Waals surface area (Å²) in [4.78, 5) is 2.39. The average Bonchev–Trinajstić information content (AvgIpc) is 2.56. The predicted molar refractivity (Wildman–Crippen MR) is 92.3 cm³/mol. The molecule has 21 heavy (non-hydrogen) atoms. The molecule has 1 aliphatic heterocycles. The highest BCUT2D eigenvalue weighted by atomic mass is 15.2. The summed E-state index contributed by atoms with van der Waals surface area (Å²) in [7, 11) is 0. The summed E-state index contributed by atoms with van der Waals surface area (Å²) in [6, 6.07) is 17.4. The molecule has 2 aromatic rings. The van der Waals surface area contributed by atoms with E-state index in [-0.39, 0.29) is 0 Å². The van der Waals surface area contributed by atoms with Gasteiger partial charge in [0.2, 0.25) is 0 Å². The Morgan fingerprint density at radius 1 is 0.905 bits per heavy atom. The molecule has 0 aromatic heterocycles. The number of fused-ring (bicyclic) bond motifs is 2. The van der Waals surface area contributed by atoms with Crippen LogP contribution in [0.25, 0.3) is 0 Å². The third kappa shape index (κ3) is 3.45. The Labute approximate surface area is 128 Å². The summed E-state index contributed by atoms with van der Waals surface area (Å²) in [5.74, 6) is 0. The summed E-state index contributed by atoms with van der Waals surface area (Å²) in [5.41, 5.74) is 5.51. The first-order valence-electron chi connectivity index (χ1n) is 8.04. The van der Waals surface area contributed by atoms with Crippen molar-refractivity contribution in [1.29, 1.82) is 0 Å². The third-order valence-electron chi connectivity index (χ3n) is 3.64. The van der Waals surface area contributed by atoms with Crippen molar-refractivity contribution in [2.24, 2.45) is 0 Å². The van der Waals surface area contributed by atoms with Crippen molar-refractivity contribution in [2.45, 2.75) is 33.6 Å².